The van der Waals surface area contributed by atoms with Gasteiger partial charge in [-0.1, -0.05) is 12.1 Å². The number of likely N-dealkylation sites (tertiary alicyclic amines) is 1. The Balaban J connectivity index is 0.00000200. The normalized spacial score (nSPS) is 18.8. The third kappa shape index (κ3) is 6.13. The molecule has 0 bridgehead atoms. The molecule has 0 aliphatic carbocycles. The number of hydrogen-bond donors (Lipinski definition) is 1. The maximum Gasteiger partial charge on any atom is 0.408 e. The molecular formula is C25H29Cl2F3N6O2. The fourth-order valence-electron chi connectivity index (χ4n) is 4.65. The van der Waals surface area contributed by atoms with Gasteiger partial charge in [-0.25, -0.2) is 4.98 Å². The lowest BCUT2D eigenvalue weighted by Gasteiger charge is -2.31. The molecule has 0 saturated carbocycles. The smallest absolute Gasteiger partial charge is 0.408 e. The zero-order valence-corrected chi connectivity index (χ0v) is 22.4. The minimum atomic E-state index is -4.47. The Morgan fingerprint density at radius 2 is 1.84 bits per heavy atom. The number of pyridine rings is 2. The Morgan fingerprint density at radius 3 is 2.53 bits per heavy atom. The Morgan fingerprint density at radius 1 is 1.08 bits per heavy atom. The molecule has 1 fully saturated rings. The number of nitrogens with zero attached hydrogens (tertiary/aromatic N) is 5. The average molecular weight is 573 g/mol. The van der Waals surface area contributed by atoms with Crippen LogP contribution in [0.2, 0.25) is 0 Å². The highest BCUT2D eigenvalue weighted by molar-refractivity contribution is 5.85. The van der Waals surface area contributed by atoms with Gasteiger partial charge >= 0.3 is 6.18 Å². The molecular weight excluding hydrogens is 544 g/mol. The number of nitrogens with two attached hydrogens (primary N) is 1. The van der Waals surface area contributed by atoms with Crippen LogP contribution in [0.15, 0.2) is 48.7 Å². The highest BCUT2D eigenvalue weighted by Gasteiger charge is 2.48. The van der Waals surface area contributed by atoms with Crippen LogP contribution in [0, 0.1) is 0 Å². The molecule has 1 aromatic carbocycles. The summed E-state index contributed by atoms with van der Waals surface area (Å²) in [5.74, 6) is 0.994. The van der Waals surface area contributed by atoms with E-state index in [4.69, 9.17) is 20.2 Å². The van der Waals surface area contributed by atoms with E-state index in [0.29, 0.717) is 48.1 Å². The summed E-state index contributed by atoms with van der Waals surface area (Å²) in [5.41, 5.74) is 7.16. The van der Waals surface area contributed by atoms with Crippen molar-refractivity contribution >= 4 is 41.4 Å². The van der Waals surface area contributed by atoms with Crippen molar-refractivity contribution in [3.63, 3.8) is 0 Å². The summed E-state index contributed by atoms with van der Waals surface area (Å²) in [5, 5.41) is 9.26. The first kappa shape index (κ1) is 29.9. The van der Waals surface area contributed by atoms with Gasteiger partial charge in [-0.3, -0.25) is 9.30 Å². The van der Waals surface area contributed by atoms with Crippen molar-refractivity contribution in [1.29, 1.82) is 0 Å². The van der Waals surface area contributed by atoms with Gasteiger partial charge in [0.15, 0.2) is 11.5 Å². The van der Waals surface area contributed by atoms with Gasteiger partial charge in [0.05, 0.1) is 12.1 Å². The number of alkyl halides is 3. The van der Waals surface area contributed by atoms with Gasteiger partial charge < -0.3 is 15.2 Å². The van der Waals surface area contributed by atoms with Gasteiger partial charge in [0.2, 0.25) is 0 Å². The summed E-state index contributed by atoms with van der Waals surface area (Å²) < 4.78 is 54.9. The number of fused-ring (bicyclic) bond motifs is 2. The van der Waals surface area contributed by atoms with Crippen LogP contribution in [-0.2, 0) is 4.74 Å². The van der Waals surface area contributed by atoms with E-state index in [1.807, 2.05) is 18.2 Å². The summed E-state index contributed by atoms with van der Waals surface area (Å²) in [6.07, 6.45) is -2.52. The zero-order chi connectivity index (χ0) is 25.5. The first-order valence-corrected chi connectivity index (χ1v) is 11.6. The molecule has 3 aromatic heterocycles. The summed E-state index contributed by atoms with van der Waals surface area (Å²) in [4.78, 5) is 6.09. The molecule has 1 aliphatic heterocycles. The highest BCUT2D eigenvalue weighted by atomic mass is 35.5. The van der Waals surface area contributed by atoms with E-state index in [0.717, 1.165) is 5.39 Å². The van der Waals surface area contributed by atoms with Gasteiger partial charge in [0.25, 0.3) is 0 Å². The lowest BCUT2D eigenvalue weighted by molar-refractivity contribution is -0.184. The van der Waals surface area contributed by atoms with E-state index in [1.165, 1.54) is 17.2 Å². The minimum Gasteiger partial charge on any atom is -0.491 e. The molecule has 1 saturated heterocycles. The van der Waals surface area contributed by atoms with E-state index in [1.54, 1.807) is 36.6 Å². The summed E-state index contributed by atoms with van der Waals surface area (Å²) in [6.45, 7) is 3.07. The quantitative estimate of drug-likeness (QED) is 0.317. The summed E-state index contributed by atoms with van der Waals surface area (Å²) >= 11 is 0. The summed E-state index contributed by atoms with van der Waals surface area (Å²) in [6, 6.07) is 10.4. The van der Waals surface area contributed by atoms with Crippen LogP contribution in [-0.4, -0.2) is 69.6 Å². The van der Waals surface area contributed by atoms with Crippen molar-refractivity contribution in [2.75, 3.05) is 33.4 Å². The van der Waals surface area contributed by atoms with Crippen molar-refractivity contribution in [3.8, 4) is 17.3 Å². The van der Waals surface area contributed by atoms with Crippen molar-refractivity contribution in [2.24, 2.45) is 5.73 Å². The molecule has 4 heterocycles. The number of halogens is 5. The van der Waals surface area contributed by atoms with Crippen molar-refractivity contribution in [1.82, 2.24) is 24.5 Å². The second kappa shape index (κ2) is 11.6. The topological polar surface area (TPSA) is 90.8 Å². The number of hydrogen-bond acceptors (Lipinski definition) is 7. The average Bonchev–Trinajstić information content (AvgIpc) is 3.40. The van der Waals surface area contributed by atoms with E-state index in [2.05, 4.69) is 10.2 Å². The van der Waals surface area contributed by atoms with Crippen LogP contribution >= 0.6 is 24.8 Å². The van der Waals surface area contributed by atoms with Crippen molar-refractivity contribution in [2.45, 2.75) is 31.1 Å². The number of aromatic nitrogens is 4. The predicted molar refractivity (Wildman–Crippen MR) is 143 cm³/mol. The summed E-state index contributed by atoms with van der Waals surface area (Å²) in [7, 11) is 1.60. The monoisotopic (exact) mass is 572 g/mol. The Bertz CT molecular complexity index is 1400. The molecule has 2 atom stereocenters. The third-order valence-electron chi connectivity index (χ3n) is 6.40. The maximum atomic E-state index is 14.2. The molecule has 0 amide bonds. The van der Waals surface area contributed by atoms with Crippen LogP contribution < -0.4 is 10.5 Å². The van der Waals surface area contributed by atoms with Crippen molar-refractivity contribution in [3.05, 3.63) is 54.2 Å². The van der Waals surface area contributed by atoms with Gasteiger partial charge in [0, 0.05) is 43.4 Å². The van der Waals surface area contributed by atoms with Crippen LogP contribution in [0.1, 0.15) is 24.9 Å². The number of rotatable bonds is 7. The van der Waals surface area contributed by atoms with Gasteiger partial charge in [-0.2, -0.15) is 13.2 Å². The molecule has 13 heteroatoms. The number of benzene rings is 1. The molecule has 2 N–H and O–H groups in total. The molecule has 0 radical (unpaired) electrons. The van der Waals surface area contributed by atoms with Crippen LogP contribution in [0.25, 0.3) is 28.1 Å². The molecule has 4 aromatic rings. The largest absolute Gasteiger partial charge is 0.491 e. The zero-order valence-electron chi connectivity index (χ0n) is 20.8. The fraction of sp³-hybridized carbons (Fsp3) is 0.400. The van der Waals surface area contributed by atoms with E-state index >= 15 is 0 Å². The number of methoxy groups -OCH3 is 1. The molecule has 8 nitrogen and oxygen atoms in total. The molecule has 38 heavy (non-hydrogen) atoms. The third-order valence-corrected chi connectivity index (χ3v) is 6.40. The Labute approximate surface area is 230 Å². The Hall–Kier alpha value is -2.70. The van der Waals surface area contributed by atoms with Crippen molar-refractivity contribution < 1.29 is 22.6 Å². The standard InChI is InChI=1S/C25H27F3N6O2.2ClH/c1-24(29)9-10-33(15-24)22(25(26,27)28)17-5-8-21-31-32-23(34(21)14-17)19-7-4-16-3-6-18(13-20(16)30-19)36-12-11-35-2;;/h3-8,13-14,22H,9-12,15,29H2,1-2H3;2*1H/t22-,24+;;/m1../s1. The predicted octanol–water partition coefficient (Wildman–Crippen LogP) is 4.84. The minimum absolute atomic E-state index is 0. The Kier molecular flexibility index (Phi) is 9.10. The van der Waals surface area contributed by atoms with Crippen LogP contribution in [0.5, 0.6) is 5.75 Å². The SMILES string of the molecule is COCCOc1ccc2ccc(-c3nnc4ccc([C@@H](N5CC[C@](C)(N)C5)C(F)(F)F)cn34)nc2c1.Cl.Cl. The van der Waals surface area contributed by atoms with Gasteiger partial charge in [-0.15, -0.1) is 35.0 Å². The van der Waals surface area contributed by atoms with Gasteiger partial charge in [0.1, 0.15) is 24.1 Å². The van der Waals surface area contributed by atoms with Crippen LogP contribution in [0.4, 0.5) is 13.2 Å². The first-order chi connectivity index (χ1) is 17.1. The first-order valence-electron chi connectivity index (χ1n) is 11.6. The van der Waals surface area contributed by atoms with Gasteiger partial charge in [-0.05, 0) is 43.2 Å². The van der Waals surface area contributed by atoms with Crippen LogP contribution in [0.3, 0.4) is 0 Å². The molecule has 1 aliphatic rings. The lowest BCUT2D eigenvalue weighted by atomic mass is 10.0. The molecule has 0 spiro atoms. The molecule has 5 rings (SSSR count). The van der Waals surface area contributed by atoms with E-state index in [-0.39, 0.29) is 43.5 Å². The molecule has 206 valence electrons. The second-order valence-electron chi connectivity index (χ2n) is 9.43. The second-order valence-corrected chi connectivity index (χ2v) is 9.43. The van der Waals surface area contributed by atoms with E-state index in [9.17, 15) is 13.2 Å². The highest BCUT2D eigenvalue weighted by Crippen LogP contribution is 2.41. The molecule has 0 unspecified atom stereocenters. The maximum absolute atomic E-state index is 14.2. The number of ether oxygens (including phenoxy) is 2. The lowest BCUT2D eigenvalue weighted by Crippen LogP contribution is -2.43. The van der Waals surface area contributed by atoms with E-state index < -0.39 is 17.8 Å². The fourth-order valence-corrected chi connectivity index (χ4v) is 4.65.